The summed E-state index contributed by atoms with van der Waals surface area (Å²) in [5.41, 5.74) is 0.853. The molecular weight excluding hydrogens is 488 g/mol. The Morgan fingerprint density at radius 3 is 1.94 bits per heavy atom. The molecule has 11 heteroatoms. The third kappa shape index (κ3) is 5.83. The van der Waals surface area contributed by atoms with Crippen molar-refractivity contribution in [1.82, 2.24) is 4.98 Å². The minimum Gasteiger partial charge on any atom is -0.322 e. The lowest BCUT2D eigenvalue weighted by Gasteiger charge is -2.13. The van der Waals surface area contributed by atoms with Gasteiger partial charge in [-0.2, -0.15) is 0 Å². The number of anilines is 3. The second kappa shape index (κ2) is 9.95. The molecule has 0 saturated carbocycles. The van der Waals surface area contributed by atoms with Crippen molar-refractivity contribution >= 4 is 43.0 Å². The van der Waals surface area contributed by atoms with Gasteiger partial charge in [-0.1, -0.05) is 30.3 Å². The molecule has 0 saturated heterocycles. The molecule has 4 aromatic rings. The second-order valence-corrected chi connectivity index (χ2v) is 10.7. The monoisotopic (exact) mass is 508 g/mol. The molecule has 4 rings (SSSR count). The van der Waals surface area contributed by atoms with E-state index < -0.39 is 26.0 Å². The molecule has 0 aliphatic rings. The smallest absolute Gasteiger partial charge is 0.261 e. The Bertz CT molecular complexity index is 1540. The Morgan fingerprint density at radius 2 is 1.26 bits per heavy atom. The minimum absolute atomic E-state index is 0.00428. The Kier molecular flexibility index (Phi) is 6.80. The molecular formula is C24H20N4O5S2. The molecule has 0 aliphatic carbocycles. The fourth-order valence-corrected chi connectivity index (χ4v) is 5.27. The molecule has 1 amide bonds. The molecule has 3 aromatic carbocycles. The van der Waals surface area contributed by atoms with Crippen molar-refractivity contribution in [3.8, 4) is 0 Å². The lowest BCUT2D eigenvalue weighted by molar-refractivity contribution is 0.102. The number of benzene rings is 3. The van der Waals surface area contributed by atoms with Crippen LogP contribution in [0.4, 0.5) is 17.1 Å². The standard InChI is InChI=1S/C24H20N4O5S2/c29-24(22-10-4-5-11-23(22)28-35(32,33)20-8-2-1-3-9-20)26-18-12-14-21(15-13-18)34(30,31)27-19-7-6-16-25-17-19/h1-17,27-28H,(H,26,29). The third-order valence-corrected chi connectivity index (χ3v) is 7.58. The van der Waals surface area contributed by atoms with Gasteiger partial charge in [0.2, 0.25) is 0 Å². The first-order valence-corrected chi connectivity index (χ1v) is 13.2. The van der Waals surface area contributed by atoms with E-state index in [4.69, 9.17) is 0 Å². The van der Waals surface area contributed by atoms with Gasteiger partial charge in [0.1, 0.15) is 0 Å². The lowest BCUT2D eigenvalue weighted by atomic mass is 10.1. The fraction of sp³-hybridized carbons (Fsp3) is 0. The van der Waals surface area contributed by atoms with Crippen molar-refractivity contribution in [2.24, 2.45) is 0 Å². The van der Waals surface area contributed by atoms with E-state index in [9.17, 15) is 21.6 Å². The summed E-state index contributed by atoms with van der Waals surface area (Å²) in [6.07, 6.45) is 2.91. The summed E-state index contributed by atoms with van der Waals surface area (Å²) >= 11 is 0. The SMILES string of the molecule is O=C(Nc1ccc(S(=O)(=O)Nc2cccnc2)cc1)c1ccccc1NS(=O)(=O)c1ccccc1. The van der Waals surface area contributed by atoms with Gasteiger partial charge in [-0.3, -0.25) is 19.2 Å². The van der Waals surface area contributed by atoms with Crippen molar-refractivity contribution in [2.45, 2.75) is 9.79 Å². The van der Waals surface area contributed by atoms with E-state index in [1.54, 1.807) is 42.5 Å². The van der Waals surface area contributed by atoms with Gasteiger partial charge in [-0.05, 0) is 60.7 Å². The van der Waals surface area contributed by atoms with Crippen molar-refractivity contribution in [2.75, 3.05) is 14.8 Å². The van der Waals surface area contributed by atoms with Gasteiger partial charge in [0.15, 0.2) is 0 Å². The molecule has 178 valence electrons. The Morgan fingerprint density at radius 1 is 0.629 bits per heavy atom. The van der Waals surface area contributed by atoms with E-state index in [2.05, 4.69) is 19.7 Å². The first-order chi connectivity index (χ1) is 16.7. The van der Waals surface area contributed by atoms with E-state index in [-0.39, 0.29) is 21.0 Å². The summed E-state index contributed by atoms with van der Waals surface area (Å²) in [5.74, 6) is -0.569. The van der Waals surface area contributed by atoms with Crippen LogP contribution in [0.15, 0.2) is 113 Å². The van der Waals surface area contributed by atoms with E-state index >= 15 is 0 Å². The normalized spacial score (nSPS) is 11.4. The van der Waals surface area contributed by atoms with E-state index in [0.29, 0.717) is 11.4 Å². The maximum absolute atomic E-state index is 12.9. The molecule has 1 aromatic heterocycles. The molecule has 3 N–H and O–H groups in total. The summed E-state index contributed by atoms with van der Waals surface area (Å²) in [7, 11) is -7.74. The highest BCUT2D eigenvalue weighted by Crippen LogP contribution is 2.22. The second-order valence-electron chi connectivity index (χ2n) is 7.29. The molecule has 35 heavy (non-hydrogen) atoms. The summed E-state index contributed by atoms with van der Waals surface area (Å²) < 4.78 is 55.4. The third-order valence-electron chi connectivity index (χ3n) is 4.81. The predicted molar refractivity (Wildman–Crippen MR) is 133 cm³/mol. The summed E-state index contributed by atoms with van der Waals surface area (Å²) in [5, 5.41) is 2.65. The van der Waals surface area contributed by atoms with Gasteiger partial charge in [-0.15, -0.1) is 0 Å². The van der Waals surface area contributed by atoms with Crippen LogP contribution >= 0.6 is 0 Å². The highest BCUT2D eigenvalue weighted by molar-refractivity contribution is 7.93. The number of carbonyl (C=O) groups excluding carboxylic acids is 1. The van der Waals surface area contributed by atoms with Crippen LogP contribution in [0.3, 0.4) is 0 Å². The highest BCUT2D eigenvalue weighted by Gasteiger charge is 2.19. The summed E-state index contributed by atoms with van der Waals surface area (Å²) in [6, 6.07) is 22.7. The number of amides is 1. The Balaban J connectivity index is 1.50. The first kappa shape index (κ1) is 23.9. The van der Waals surface area contributed by atoms with Crippen molar-refractivity contribution in [3.63, 3.8) is 0 Å². The number of hydrogen-bond donors (Lipinski definition) is 3. The average Bonchev–Trinajstić information content (AvgIpc) is 2.85. The lowest BCUT2D eigenvalue weighted by Crippen LogP contribution is -2.18. The zero-order valence-electron chi connectivity index (χ0n) is 18.1. The maximum Gasteiger partial charge on any atom is 0.261 e. The number of nitrogens with zero attached hydrogens (tertiary/aromatic N) is 1. The summed E-state index contributed by atoms with van der Waals surface area (Å²) in [4.78, 5) is 16.8. The number of carbonyl (C=O) groups is 1. The molecule has 0 radical (unpaired) electrons. The molecule has 0 aliphatic heterocycles. The van der Waals surface area contributed by atoms with E-state index in [0.717, 1.165) is 0 Å². The predicted octanol–water partition coefficient (Wildman–Crippen LogP) is 3.94. The van der Waals surface area contributed by atoms with Gasteiger partial charge in [0, 0.05) is 11.9 Å². The van der Waals surface area contributed by atoms with Gasteiger partial charge in [0.05, 0.1) is 32.9 Å². The molecule has 9 nitrogen and oxygen atoms in total. The van der Waals surface area contributed by atoms with Gasteiger partial charge in [-0.25, -0.2) is 16.8 Å². The molecule has 0 bridgehead atoms. The van der Waals surface area contributed by atoms with Crippen LogP contribution in [-0.2, 0) is 20.0 Å². The summed E-state index contributed by atoms with van der Waals surface area (Å²) in [6.45, 7) is 0. The van der Waals surface area contributed by atoms with Gasteiger partial charge in [0.25, 0.3) is 26.0 Å². The Hall–Kier alpha value is -4.22. The number of aromatic nitrogens is 1. The first-order valence-electron chi connectivity index (χ1n) is 10.3. The van der Waals surface area contributed by atoms with Gasteiger partial charge >= 0.3 is 0 Å². The fourth-order valence-electron chi connectivity index (χ4n) is 3.13. The van der Waals surface area contributed by atoms with Gasteiger partial charge < -0.3 is 5.32 Å². The maximum atomic E-state index is 12.9. The van der Waals surface area contributed by atoms with Crippen LogP contribution < -0.4 is 14.8 Å². The van der Waals surface area contributed by atoms with Crippen molar-refractivity contribution < 1.29 is 21.6 Å². The molecule has 0 atom stereocenters. The number of nitrogens with one attached hydrogen (secondary N) is 3. The zero-order chi connectivity index (χ0) is 24.9. The highest BCUT2D eigenvalue weighted by atomic mass is 32.2. The van der Waals surface area contributed by atoms with Crippen LogP contribution in [-0.4, -0.2) is 27.7 Å². The number of sulfonamides is 2. The number of rotatable bonds is 8. The molecule has 0 fully saturated rings. The van der Waals surface area contributed by atoms with Crippen LogP contribution in [0.5, 0.6) is 0 Å². The average molecular weight is 509 g/mol. The Labute approximate surface area is 203 Å². The van der Waals surface area contributed by atoms with E-state index in [1.807, 2.05) is 0 Å². The molecule has 0 unspecified atom stereocenters. The van der Waals surface area contributed by atoms with Crippen molar-refractivity contribution in [3.05, 3.63) is 109 Å². The van der Waals surface area contributed by atoms with Crippen LogP contribution in [0.2, 0.25) is 0 Å². The minimum atomic E-state index is -3.90. The van der Waals surface area contributed by atoms with Crippen LogP contribution in [0.1, 0.15) is 10.4 Å². The molecule has 1 heterocycles. The number of hydrogen-bond acceptors (Lipinski definition) is 6. The number of pyridine rings is 1. The van der Waals surface area contributed by atoms with Crippen LogP contribution in [0.25, 0.3) is 0 Å². The zero-order valence-corrected chi connectivity index (χ0v) is 19.8. The topological polar surface area (TPSA) is 134 Å². The quantitative estimate of drug-likeness (QED) is 0.330. The number of para-hydroxylation sites is 1. The van der Waals surface area contributed by atoms with Crippen LogP contribution in [0, 0.1) is 0 Å². The molecule has 0 spiro atoms. The van der Waals surface area contributed by atoms with E-state index in [1.165, 1.54) is 60.9 Å². The largest absolute Gasteiger partial charge is 0.322 e. The van der Waals surface area contributed by atoms with Crippen molar-refractivity contribution in [1.29, 1.82) is 0 Å².